The summed E-state index contributed by atoms with van der Waals surface area (Å²) in [6.07, 6.45) is 2.22. The molecule has 1 aliphatic heterocycles. The molecule has 0 bridgehead atoms. The van der Waals surface area contributed by atoms with E-state index < -0.39 is 22.2 Å². The molecule has 10 heteroatoms. The van der Waals surface area contributed by atoms with E-state index in [-0.39, 0.29) is 17.5 Å². The lowest BCUT2D eigenvalue weighted by atomic mass is 9.89. The Balaban J connectivity index is 2.24. The third-order valence-electron chi connectivity index (χ3n) is 4.00. The number of nitrogens with zero attached hydrogens (tertiary/aromatic N) is 2. The van der Waals surface area contributed by atoms with Gasteiger partial charge in [0.15, 0.2) is 0 Å². The molecule has 9 nitrogen and oxygen atoms in total. The second kappa shape index (κ2) is 6.30. The van der Waals surface area contributed by atoms with Crippen molar-refractivity contribution < 1.29 is 23.1 Å². The van der Waals surface area contributed by atoms with Crippen LogP contribution >= 0.6 is 0 Å². The minimum absolute atomic E-state index is 0.149. The van der Waals surface area contributed by atoms with E-state index >= 15 is 0 Å². The van der Waals surface area contributed by atoms with Crippen LogP contribution in [-0.2, 0) is 15.0 Å². The summed E-state index contributed by atoms with van der Waals surface area (Å²) in [5.41, 5.74) is 5.65. The average molecular weight is 344 g/mol. The van der Waals surface area contributed by atoms with Crippen LogP contribution in [0.4, 0.5) is 0 Å². The first kappa shape index (κ1) is 17.4. The molecule has 0 spiro atoms. The van der Waals surface area contributed by atoms with Crippen molar-refractivity contribution in [2.75, 3.05) is 13.1 Å². The van der Waals surface area contributed by atoms with Gasteiger partial charge in [0.2, 0.25) is 5.91 Å². The topological polar surface area (TPSA) is 149 Å². The number of likely N-dealkylation sites (tertiary alicyclic amines) is 1. The zero-order valence-electron chi connectivity index (χ0n) is 12.7. The average Bonchev–Trinajstić information content (AvgIpc) is 2.91. The quantitative estimate of drug-likeness (QED) is 0.657. The summed E-state index contributed by atoms with van der Waals surface area (Å²) in [6.45, 7) is 2.51. The van der Waals surface area contributed by atoms with E-state index in [0.717, 1.165) is 6.20 Å². The number of carboxylic acids is 1. The molecule has 0 aromatic carbocycles. The molecule has 128 valence electrons. The lowest BCUT2D eigenvalue weighted by Crippen LogP contribution is -2.45. The van der Waals surface area contributed by atoms with Gasteiger partial charge < -0.3 is 15.7 Å². The first-order valence-corrected chi connectivity index (χ1v) is 8.65. The van der Waals surface area contributed by atoms with Gasteiger partial charge in [0.1, 0.15) is 5.69 Å². The summed E-state index contributed by atoms with van der Waals surface area (Å²) in [7, 11) is -4.18. The summed E-state index contributed by atoms with van der Waals surface area (Å²) in [5.74, 6) is -1.65. The van der Waals surface area contributed by atoms with Crippen LogP contribution in [0, 0.1) is 0 Å². The molecule has 1 amide bonds. The second-order valence-electron chi connectivity index (χ2n) is 5.65. The van der Waals surface area contributed by atoms with Gasteiger partial charge in [0, 0.05) is 19.3 Å². The summed E-state index contributed by atoms with van der Waals surface area (Å²) in [4.78, 5) is 24.9. The van der Waals surface area contributed by atoms with Crippen molar-refractivity contribution >= 4 is 22.1 Å². The fraction of sp³-hybridized carbons (Fsp3) is 0.538. The van der Waals surface area contributed by atoms with Crippen LogP contribution in [0.25, 0.3) is 0 Å². The normalized spacial score (nSPS) is 18.0. The highest BCUT2D eigenvalue weighted by Crippen LogP contribution is 2.31. The van der Waals surface area contributed by atoms with Gasteiger partial charge in [0.05, 0.1) is 6.04 Å². The maximum absolute atomic E-state index is 11.9. The molecule has 1 fully saturated rings. The Morgan fingerprint density at radius 3 is 2.35 bits per heavy atom. The number of amides is 1. The number of hydrogen-bond donors (Lipinski definition) is 3. The highest BCUT2D eigenvalue weighted by molar-refractivity contribution is 7.87. The minimum Gasteiger partial charge on any atom is -0.477 e. The molecule has 2 heterocycles. The van der Waals surface area contributed by atoms with Crippen molar-refractivity contribution in [1.29, 1.82) is 0 Å². The molecule has 1 aromatic rings. The van der Waals surface area contributed by atoms with Gasteiger partial charge in [-0.25, -0.2) is 13.9 Å². The second-order valence-corrected chi connectivity index (χ2v) is 7.08. The number of carbonyl (C=O) groups excluding carboxylic acids is 1. The number of aromatic carboxylic acids is 1. The summed E-state index contributed by atoms with van der Waals surface area (Å²) >= 11 is 0. The van der Waals surface area contributed by atoms with E-state index in [9.17, 15) is 23.1 Å². The molecule has 1 unspecified atom stereocenters. The molecule has 23 heavy (non-hydrogen) atoms. The fourth-order valence-electron chi connectivity index (χ4n) is 2.89. The fourth-order valence-corrected chi connectivity index (χ4v) is 3.56. The molecule has 0 saturated carbocycles. The van der Waals surface area contributed by atoms with Gasteiger partial charge in [0.25, 0.3) is 0 Å². The molecular weight excluding hydrogens is 324 g/mol. The first-order valence-electron chi connectivity index (χ1n) is 7.15. The van der Waals surface area contributed by atoms with Gasteiger partial charge in [-0.3, -0.25) is 4.79 Å². The summed E-state index contributed by atoms with van der Waals surface area (Å²) in [6, 6.07) is 0.881. The van der Waals surface area contributed by atoms with Crippen molar-refractivity contribution in [3.8, 4) is 0 Å². The smallest absolute Gasteiger partial charge is 0.353 e. The molecule has 1 aromatic heterocycles. The van der Waals surface area contributed by atoms with Gasteiger partial charge in [-0.2, -0.15) is 8.42 Å². The number of carbonyl (C=O) groups is 2. The SMILES string of the molecule is CC(N)C(=O)N1CCC(c2ccn(S(N)(=O)=O)c2C(=O)O)CC1. The van der Waals surface area contributed by atoms with Crippen molar-refractivity contribution in [2.24, 2.45) is 10.9 Å². The zero-order valence-corrected chi connectivity index (χ0v) is 13.5. The first-order chi connectivity index (χ1) is 10.6. The van der Waals surface area contributed by atoms with Crippen LogP contribution in [-0.4, -0.2) is 53.4 Å². The molecule has 2 rings (SSSR count). The van der Waals surface area contributed by atoms with Crippen molar-refractivity contribution in [1.82, 2.24) is 8.87 Å². The van der Waals surface area contributed by atoms with Gasteiger partial charge in [-0.05, 0) is 37.3 Å². The number of piperidine rings is 1. The standard InChI is InChI=1S/C13H20N4O5S/c1-8(14)12(18)16-5-2-9(3-6-16)10-4-7-17(23(15,21)22)11(10)13(19)20/h4,7-9H,2-3,5-6,14H2,1H3,(H,19,20)(H2,15,21,22). The lowest BCUT2D eigenvalue weighted by Gasteiger charge is -2.33. The van der Waals surface area contributed by atoms with E-state index in [1.54, 1.807) is 11.8 Å². The Morgan fingerprint density at radius 1 is 1.35 bits per heavy atom. The van der Waals surface area contributed by atoms with Crippen LogP contribution in [0.5, 0.6) is 0 Å². The minimum atomic E-state index is -4.18. The maximum Gasteiger partial charge on any atom is 0.353 e. The van der Waals surface area contributed by atoms with E-state index in [0.29, 0.717) is 35.5 Å². The largest absolute Gasteiger partial charge is 0.477 e. The van der Waals surface area contributed by atoms with E-state index in [2.05, 4.69) is 0 Å². The number of rotatable bonds is 4. The number of nitrogens with two attached hydrogens (primary N) is 2. The third kappa shape index (κ3) is 3.54. The van der Waals surface area contributed by atoms with Crippen molar-refractivity contribution in [2.45, 2.75) is 31.7 Å². The number of aromatic nitrogens is 1. The molecule has 1 saturated heterocycles. The van der Waals surface area contributed by atoms with Gasteiger partial charge in [-0.15, -0.1) is 0 Å². The Morgan fingerprint density at radius 2 is 1.91 bits per heavy atom. The zero-order chi connectivity index (χ0) is 17.4. The van der Waals surface area contributed by atoms with Gasteiger partial charge in [-0.1, -0.05) is 0 Å². The lowest BCUT2D eigenvalue weighted by molar-refractivity contribution is -0.133. The van der Waals surface area contributed by atoms with E-state index in [4.69, 9.17) is 10.9 Å². The van der Waals surface area contributed by atoms with Crippen LogP contribution in [0.2, 0.25) is 0 Å². The molecule has 1 aliphatic rings. The van der Waals surface area contributed by atoms with Crippen molar-refractivity contribution in [3.05, 3.63) is 23.5 Å². The Hall–Kier alpha value is -1.91. The number of carboxylic acid groups (broad SMARTS) is 1. The number of hydrogen-bond acceptors (Lipinski definition) is 5. The summed E-state index contributed by atoms with van der Waals surface area (Å²) in [5, 5.41) is 14.4. The molecule has 1 atom stereocenters. The molecule has 5 N–H and O–H groups in total. The van der Waals surface area contributed by atoms with Crippen LogP contribution < -0.4 is 10.9 Å². The van der Waals surface area contributed by atoms with E-state index in [1.807, 2.05) is 0 Å². The maximum atomic E-state index is 11.9. The monoisotopic (exact) mass is 344 g/mol. The third-order valence-corrected chi connectivity index (χ3v) is 4.85. The van der Waals surface area contributed by atoms with E-state index in [1.165, 1.54) is 6.07 Å². The Bertz CT molecular complexity index is 717. The molecular formula is C13H20N4O5S. The molecule has 0 aliphatic carbocycles. The van der Waals surface area contributed by atoms with Crippen molar-refractivity contribution in [3.63, 3.8) is 0 Å². The predicted octanol–water partition coefficient (Wildman–Crippen LogP) is -0.709. The predicted molar refractivity (Wildman–Crippen MR) is 82.1 cm³/mol. The van der Waals surface area contributed by atoms with Crippen LogP contribution in [0.1, 0.15) is 41.7 Å². The Labute approximate surface area is 134 Å². The highest BCUT2D eigenvalue weighted by atomic mass is 32.2. The Kier molecular flexibility index (Phi) is 4.78. The van der Waals surface area contributed by atoms with Crippen LogP contribution in [0.3, 0.4) is 0 Å². The molecule has 0 radical (unpaired) electrons. The highest BCUT2D eigenvalue weighted by Gasteiger charge is 2.30. The van der Waals surface area contributed by atoms with Gasteiger partial charge >= 0.3 is 16.2 Å². The summed E-state index contributed by atoms with van der Waals surface area (Å²) < 4.78 is 23.5. The van der Waals surface area contributed by atoms with Crippen LogP contribution in [0.15, 0.2) is 12.3 Å².